The van der Waals surface area contributed by atoms with E-state index in [1.165, 1.54) is 14.0 Å². The molecule has 0 unspecified atom stereocenters. The second-order valence-corrected chi connectivity index (χ2v) is 2.78. The summed E-state index contributed by atoms with van der Waals surface area (Å²) in [5, 5.41) is 8.66. The van der Waals surface area contributed by atoms with Gasteiger partial charge in [-0.2, -0.15) is 0 Å². The molecule has 0 aliphatic heterocycles. The zero-order valence-electron chi connectivity index (χ0n) is 7.80. The minimum Gasteiger partial charge on any atom is -0.495 e. The number of hydrogen-bond donors (Lipinski definition) is 2. The number of nitrogens with two attached hydrogens (primary N) is 1. The van der Waals surface area contributed by atoms with Gasteiger partial charge in [0.2, 0.25) is 0 Å². The first-order chi connectivity index (χ1) is 6.49. The molecule has 0 aliphatic carbocycles. The van der Waals surface area contributed by atoms with Crippen molar-refractivity contribution in [1.82, 2.24) is 0 Å². The van der Waals surface area contributed by atoms with Crippen molar-refractivity contribution < 1.29 is 19.0 Å². The monoisotopic (exact) mass is 199 g/mol. The fraction of sp³-hybridized carbons (Fsp3) is 0.222. The number of methoxy groups -OCH3 is 1. The quantitative estimate of drug-likeness (QED) is 0.706. The first-order valence-electron chi connectivity index (χ1n) is 3.85. The zero-order chi connectivity index (χ0) is 10.9. The zero-order valence-corrected chi connectivity index (χ0v) is 7.80. The molecule has 0 radical (unpaired) electrons. The van der Waals surface area contributed by atoms with E-state index in [1.54, 1.807) is 0 Å². The molecule has 1 aromatic rings. The lowest BCUT2D eigenvalue weighted by molar-refractivity contribution is 0.0691. The SMILES string of the molecule is COc1cc(C(=O)O)c(F)c(C)c1N. The number of hydrogen-bond acceptors (Lipinski definition) is 3. The number of carboxylic acid groups (broad SMARTS) is 1. The van der Waals surface area contributed by atoms with Gasteiger partial charge in [0.25, 0.3) is 0 Å². The average molecular weight is 199 g/mol. The summed E-state index contributed by atoms with van der Waals surface area (Å²) in [6.45, 7) is 1.40. The molecule has 1 aromatic carbocycles. The van der Waals surface area contributed by atoms with Gasteiger partial charge in [-0.3, -0.25) is 0 Å². The molecule has 0 amide bonds. The topological polar surface area (TPSA) is 72.5 Å². The Balaban J connectivity index is 3.48. The van der Waals surface area contributed by atoms with Crippen molar-refractivity contribution in [1.29, 1.82) is 0 Å². The van der Waals surface area contributed by atoms with E-state index in [0.29, 0.717) is 0 Å². The van der Waals surface area contributed by atoms with Gasteiger partial charge in [0.05, 0.1) is 18.4 Å². The molecule has 0 saturated heterocycles. The Hall–Kier alpha value is -1.78. The van der Waals surface area contributed by atoms with Crippen LogP contribution in [0, 0.1) is 12.7 Å². The molecule has 0 aromatic heterocycles. The molecule has 14 heavy (non-hydrogen) atoms. The van der Waals surface area contributed by atoms with Crippen LogP contribution in [0.3, 0.4) is 0 Å². The Morgan fingerprint density at radius 2 is 2.21 bits per heavy atom. The van der Waals surface area contributed by atoms with Crippen LogP contribution in [0.4, 0.5) is 10.1 Å². The van der Waals surface area contributed by atoms with E-state index in [2.05, 4.69) is 0 Å². The van der Waals surface area contributed by atoms with Crippen molar-refractivity contribution >= 4 is 11.7 Å². The summed E-state index contributed by atoms with van der Waals surface area (Å²) in [5.41, 5.74) is 5.27. The Labute approximate surface area is 80.1 Å². The van der Waals surface area contributed by atoms with Crippen molar-refractivity contribution in [3.63, 3.8) is 0 Å². The molecule has 0 bridgehead atoms. The molecule has 5 heteroatoms. The number of halogens is 1. The number of nitrogen functional groups attached to an aromatic ring is 1. The molecular weight excluding hydrogens is 189 g/mol. The van der Waals surface area contributed by atoms with Gasteiger partial charge in [-0.05, 0) is 13.0 Å². The van der Waals surface area contributed by atoms with Gasteiger partial charge in [0, 0.05) is 5.56 Å². The highest BCUT2D eigenvalue weighted by Gasteiger charge is 2.18. The van der Waals surface area contributed by atoms with E-state index in [1.807, 2.05) is 0 Å². The van der Waals surface area contributed by atoms with Crippen LogP contribution in [-0.4, -0.2) is 18.2 Å². The van der Waals surface area contributed by atoms with E-state index in [-0.39, 0.29) is 17.0 Å². The number of anilines is 1. The van der Waals surface area contributed by atoms with Crippen molar-refractivity contribution in [3.8, 4) is 5.75 Å². The number of carboxylic acids is 1. The van der Waals surface area contributed by atoms with Gasteiger partial charge in [-0.15, -0.1) is 0 Å². The molecule has 0 fully saturated rings. The summed E-state index contributed by atoms with van der Waals surface area (Å²) in [6.07, 6.45) is 0. The van der Waals surface area contributed by atoms with E-state index in [9.17, 15) is 9.18 Å². The van der Waals surface area contributed by atoms with E-state index in [4.69, 9.17) is 15.6 Å². The first-order valence-corrected chi connectivity index (χ1v) is 3.85. The lowest BCUT2D eigenvalue weighted by Gasteiger charge is -2.10. The molecule has 4 nitrogen and oxygen atoms in total. The van der Waals surface area contributed by atoms with Crippen LogP contribution in [0.25, 0.3) is 0 Å². The smallest absolute Gasteiger partial charge is 0.338 e. The van der Waals surface area contributed by atoms with Gasteiger partial charge in [-0.25, -0.2) is 9.18 Å². The minimum atomic E-state index is -1.34. The Morgan fingerprint density at radius 3 is 2.64 bits per heavy atom. The third-order valence-electron chi connectivity index (χ3n) is 1.96. The van der Waals surface area contributed by atoms with Gasteiger partial charge >= 0.3 is 5.97 Å². The molecule has 0 spiro atoms. The number of rotatable bonds is 2. The van der Waals surface area contributed by atoms with Crippen molar-refractivity contribution in [2.75, 3.05) is 12.8 Å². The van der Waals surface area contributed by atoms with E-state index in [0.717, 1.165) is 6.07 Å². The summed E-state index contributed by atoms with van der Waals surface area (Å²) in [6, 6.07) is 1.07. The maximum Gasteiger partial charge on any atom is 0.338 e. The summed E-state index contributed by atoms with van der Waals surface area (Å²) < 4.78 is 18.1. The summed E-state index contributed by atoms with van der Waals surface area (Å²) in [5.74, 6) is -2.00. The highest BCUT2D eigenvalue weighted by molar-refractivity contribution is 5.90. The van der Waals surface area contributed by atoms with Gasteiger partial charge in [-0.1, -0.05) is 0 Å². The third-order valence-corrected chi connectivity index (χ3v) is 1.96. The van der Waals surface area contributed by atoms with E-state index >= 15 is 0 Å². The van der Waals surface area contributed by atoms with Gasteiger partial charge < -0.3 is 15.6 Å². The largest absolute Gasteiger partial charge is 0.495 e. The van der Waals surface area contributed by atoms with Crippen molar-refractivity contribution in [2.24, 2.45) is 0 Å². The molecule has 0 aliphatic rings. The Bertz CT molecular complexity index is 390. The average Bonchev–Trinajstić information content (AvgIpc) is 2.14. The Morgan fingerprint density at radius 1 is 1.64 bits per heavy atom. The molecule has 76 valence electrons. The lowest BCUT2D eigenvalue weighted by Crippen LogP contribution is -2.06. The standard InChI is InChI=1S/C9H10FNO3/c1-4-7(10)5(9(12)13)3-6(14-2)8(4)11/h3H,11H2,1-2H3,(H,12,13). The molecule has 0 heterocycles. The van der Waals surface area contributed by atoms with Crippen LogP contribution in [0.5, 0.6) is 5.75 Å². The highest BCUT2D eigenvalue weighted by atomic mass is 19.1. The summed E-state index contributed by atoms with van der Waals surface area (Å²) in [7, 11) is 1.34. The van der Waals surface area contributed by atoms with Crippen LogP contribution < -0.4 is 10.5 Å². The van der Waals surface area contributed by atoms with Crippen LogP contribution in [0.15, 0.2) is 6.07 Å². The second-order valence-electron chi connectivity index (χ2n) is 2.78. The molecule has 1 rings (SSSR count). The third kappa shape index (κ3) is 1.48. The van der Waals surface area contributed by atoms with Crippen LogP contribution in [0.1, 0.15) is 15.9 Å². The van der Waals surface area contributed by atoms with Gasteiger partial charge in [0.15, 0.2) is 0 Å². The normalized spacial score (nSPS) is 9.93. The molecule has 3 N–H and O–H groups in total. The molecule has 0 atom stereocenters. The minimum absolute atomic E-state index is 0.0850. The predicted octanol–water partition coefficient (Wildman–Crippen LogP) is 1.42. The van der Waals surface area contributed by atoms with Crippen molar-refractivity contribution in [2.45, 2.75) is 6.92 Å². The van der Waals surface area contributed by atoms with Crippen LogP contribution in [0.2, 0.25) is 0 Å². The first kappa shape index (κ1) is 10.3. The highest BCUT2D eigenvalue weighted by Crippen LogP contribution is 2.29. The lowest BCUT2D eigenvalue weighted by atomic mass is 10.1. The fourth-order valence-electron chi connectivity index (χ4n) is 1.10. The van der Waals surface area contributed by atoms with Crippen LogP contribution >= 0.6 is 0 Å². The maximum absolute atomic E-state index is 13.3. The maximum atomic E-state index is 13.3. The number of ether oxygens (including phenoxy) is 1. The molecule has 0 saturated carbocycles. The second kappa shape index (κ2) is 3.53. The number of aromatic carboxylic acids is 1. The summed E-state index contributed by atoms with van der Waals surface area (Å²) in [4.78, 5) is 10.6. The number of benzene rings is 1. The Kier molecular flexibility index (Phi) is 2.60. The predicted molar refractivity (Wildman–Crippen MR) is 49.1 cm³/mol. The van der Waals surface area contributed by atoms with Gasteiger partial charge in [0.1, 0.15) is 11.6 Å². The van der Waals surface area contributed by atoms with E-state index < -0.39 is 17.3 Å². The van der Waals surface area contributed by atoms with Crippen molar-refractivity contribution in [3.05, 3.63) is 23.0 Å². The molecular formula is C9H10FNO3. The van der Waals surface area contributed by atoms with Crippen LogP contribution in [-0.2, 0) is 0 Å². The number of carbonyl (C=O) groups is 1. The fourth-order valence-corrected chi connectivity index (χ4v) is 1.10. The summed E-state index contributed by atoms with van der Waals surface area (Å²) >= 11 is 0.